The third-order valence-corrected chi connectivity index (χ3v) is 5.82. The molecule has 0 radical (unpaired) electrons. The smallest absolute Gasteiger partial charge is 0.343 e. The molecule has 8 heteroatoms. The number of hydrazone groups is 1. The fourth-order valence-electron chi connectivity index (χ4n) is 2.98. The van der Waals surface area contributed by atoms with Gasteiger partial charge in [-0.3, -0.25) is 5.43 Å². The predicted octanol–water partition coefficient (Wildman–Crippen LogP) is 6.64. The quantitative estimate of drug-likeness (QED) is 0.122. The van der Waals surface area contributed by atoms with Gasteiger partial charge in [-0.2, -0.15) is 5.10 Å². The van der Waals surface area contributed by atoms with Gasteiger partial charge in [-0.25, -0.2) is 9.78 Å². The summed E-state index contributed by atoms with van der Waals surface area (Å²) in [5.74, 6) is 0.305. The number of aromatic nitrogens is 1. The van der Waals surface area contributed by atoms with Crippen LogP contribution in [0.15, 0.2) is 87.8 Å². The van der Waals surface area contributed by atoms with Crippen molar-refractivity contribution in [3.8, 4) is 22.8 Å². The number of rotatable bonds is 8. The van der Waals surface area contributed by atoms with Gasteiger partial charge >= 0.3 is 5.97 Å². The number of anilines is 1. The van der Waals surface area contributed by atoms with E-state index in [2.05, 4.69) is 31.4 Å². The third kappa shape index (κ3) is 5.85. The lowest BCUT2D eigenvalue weighted by Crippen LogP contribution is -2.10. The van der Waals surface area contributed by atoms with E-state index < -0.39 is 5.97 Å². The average molecular weight is 522 g/mol. The Morgan fingerprint density at radius 3 is 2.58 bits per heavy atom. The molecular formula is C25H20BrN3O3S. The van der Waals surface area contributed by atoms with E-state index in [1.54, 1.807) is 42.6 Å². The lowest BCUT2D eigenvalue weighted by molar-refractivity contribution is 0.0727. The zero-order valence-electron chi connectivity index (χ0n) is 17.7. The fraction of sp³-hybridized carbons (Fsp3) is 0.0800. The Morgan fingerprint density at radius 2 is 1.85 bits per heavy atom. The van der Waals surface area contributed by atoms with E-state index in [0.29, 0.717) is 33.3 Å². The van der Waals surface area contributed by atoms with Crippen LogP contribution in [0.1, 0.15) is 22.8 Å². The molecule has 0 fully saturated rings. The summed E-state index contributed by atoms with van der Waals surface area (Å²) in [5.41, 5.74) is 6.12. The maximum absolute atomic E-state index is 12.5. The molecule has 33 heavy (non-hydrogen) atoms. The highest BCUT2D eigenvalue weighted by Crippen LogP contribution is 2.37. The minimum absolute atomic E-state index is 0.322. The SMILES string of the molecule is CCOc1cc(C=NNc2nc(-c3ccccc3)cs2)cc(Br)c1OC(=O)c1ccccc1. The molecule has 0 aliphatic rings. The third-order valence-electron chi connectivity index (χ3n) is 4.48. The zero-order chi connectivity index (χ0) is 23.0. The maximum Gasteiger partial charge on any atom is 0.343 e. The van der Waals surface area contributed by atoms with Crippen LogP contribution in [0.2, 0.25) is 0 Å². The summed E-state index contributed by atoms with van der Waals surface area (Å²) in [4.78, 5) is 17.1. The van der Waals surface area contributed by atoms with E-state index in [9.17, 15) is 4.79 Å². The van der Waals surface area contributed by atoms with Gasteiger partial charge in [0.25, 0.3) is 0 Å². The Kier molecular flexibility index (Phi) is 7.49. The summed E-state index contributed by atoms with van der Waals surface area (Å²) < 4.78 is 11.9. The summed E-state index contributed by atoms with van der Waals surface area (Å²) in [6.45, 7) is 2.29. The number of hydrogen-bond acceptors (Lipinski definition) is 7. The van der Waals surface area contributed by atoms with Crippen LogP contribution < -0.4 is 14.9 Å². The van der Waals surface area contributed by atoms with Crippen molar-refractivity contribution in [2.75, 3.05) is 12.0 Å². The molecule has 0 atom stereocenters. The van der Waals surface area contributed by atoms with Gasteiger partial charge in [0, 0.05) is 10.9 Å². The number of esters is 1. The second-order valence-electron chi connectivity index (χ2n) is 6.79. The number of hydrogen-bond donors (Lipinski definition) is 1. The van der Waals surface area contributed by atoms with E-state index in [0.717, 1.165) is 16.8 Å². The molecule has 0 unspecified atom stereocenters. The number of thiazole rings is 1. The predicted molar refractivity (Wildman–Crippen MR) is 135 cm³/mol. The van der Waals surface area contributed by atoms with Gasteiger partial charge in [0.2, 0.25) is 5.13 Å². The first-order chi connectivity index (χ1) is 16.1. The Hall–Kier alpha value is -3.49. The van der Waals surface area contributed by atoms with Crippen molar-refractivity contribution in [1.29, 1.82) is 0 Å². The van der Waals surface area contributed by atoms with Gasteiger partial charge in [-0.1, -0.05) is 48.5 Å². The Morgan fingerprint density at radius 1 is 1.12 bits per heavy atom. The fourth-order valence-corrected chi connectivity index (χ4v) is 4.19. The summed E-state index contributed by atoms with van der Waals surface area (Å²) >= 11 is 4.96. The Labute approximate surface area is 204 Å². The van der Waals surface area contributed by atoms with Crippen molar-refractivity contribution in [2.24, 2.45) is 5.10 Å². The van der Waals surface area contributed by atoms with Crippen LogP contribution in [0.4, 0.5) is 5.13 Å². The highest BCUT2D eigenvalue weighted by atomic mass is 79.9. The molecule has 4 rings (SSSR count). The minimum Gasteiger partial charge on any atom is -0.490 e. The van der Waals surface area contributed by atoms with E-state index >= 15 is 0 Å². The van der Waals surface area contributed by atoms with Crippen LogP contribution in [-0.4, -0.2) is 23.8 Å². The van der Waals surface area contributed by atoms with Gasteiger partial charge in [0.15, 0.2) is 11.5 Å². The second-order valence-corrected chi connectivity index (χ2v) is 8.50. The molecule has 0 saturated carbocycles. The maximum atomic E-state index is 12.5. The molecule has 6 nitrogen and oxygen atoms in total. The first-order valence-electron chi connectivity index (χ1n) is 10.2. The summed E-state index contributed by atoms with van der Waals surface area (Å²) in [6.07, 6.45) is 1.65. The van der Waals surface area contributed by atoms with Crippen LogP contribution in [0.5, 0.6) is 11.5 Å². The summed E-state index contributed by atoms with van der Waals surface area (Å²) in [7, 11) is 0. The number of carbonyl (C=O) groups is 1. The van der Waals surface area contributed by atoms with Gasteiger partial charge in [-0.15, -0.1) is 11.3 Å². The van der Waals surface area contributed by atoms with E-state index in [1.807, 2.05) is 48.7 Å². The molecule has 0 aliphatic heterocycles. The van der Waals surface area contributed by atoms with Crippen molar-refractivity contribution in [1.82, 2.24) is 4.98 Å². The van der Waals surface area contributed by atoms with Crippen molar-refractivity contribution >= 4 is 44.6 Å². The average Bonchev–Trinajstić information content (AvgIpc) is 3.31. The van der Waals surface area contributed by atoms with Gasteiger partial charge in [-0.05, 0) is 52.7 Å². The standard InChI is InChI=1S/C25H20BrN3O3S/c1-2-31-22-14-17(13-20(26)23(22)32-24(30)19-11-7-4-8-12-19)15-27-29-25-28-21(16-33-25)18-9-5-3-6-10-18/h3-16H,2H2,1H3,(H,28,29). The van der Waals surface area contributed by atoms with Crippen LogP contribution in [0.25, 0.3) is 11.3 Å². The highest BCUT2D eigenvalue weighted by Gasteiger charge is 2.17. The largest absolute Gasteiger partial charge is 0.490 e. The number of ether oxygens (including phenoxy) is 2. The summed E-state index contributed by atoms with van der Waals surface area (Å²) in [5, 5.41) is 6.95. The zero-order valence-corrected chi connectivity index (χ0v) is 20.1. The van der Waals surface area contributed by atoms with E-state index in [4.69, 9.17) is 9.47 Å². The minimum atomic E-state index is -0.460. The molecule has 1 aromatic heterocycles. The lowest BCUT2D eigenvalue weighted by Gasteiger charge is -2.13. The number of nitrogens with one attached hydrogen (secondary N) is 1. The molecule has 0 saturated heterocycles. The lowest BCUT2D eigenvalue weighted by atomic mass is 10.2. The number of benzene rings is 3. The number of halogens is 1. The molecule has 0 spiro atoms. The molecule has 1 N–H and O–H groups in total. The molecule has 3 aromatic carbocycles. The molecular weight excluding hydrogens is 502 g/mol. The highest BCUT2D eigenvalue weighted by molar-refractivity contribution is 9.10. The van der Waals surface area contributed by atoms with Crippen molar-refractivity contribution < 1.29 is 14.3 Å². The molecule has 166 valence electrons. The van der Waals surface area contributed by atoms with Gasteiger partial charge in [0.1, 0.15) is 0 Å². The first kappa shape index (κ1) is 22.7. The topological polar surface area (TPSA) is 72.8 Å². The number of nitrogens with zero attached hydrogens (tertiary/aromatic N) is 2. The Balaban J connectivity index is 1.48. The van der Waals surface area contributed by atoms with Crippen LogP contribution in [0, 0.1) is 0 Å². The molecule has 0 bridgehead atoms. The normalized spacial score (nSPS) is 10.8. The van der Waals surface area contributed by atoms with Crippen LogP contribution >= 0.6 is 27.3 Å². The molecule has 1 heterocycles. The van der Waals surface area contributed by atoms with E-state index in [-0.39, 0.29) is 0 Å². The van der Waals surface area contributed by atoms with Gasteiger partial charge < -0.3 is 9.47 Å². The van der Waals surface area contributed by atoms with Crippen LogP contribution in [-0.2, 0) is 0 Å². The van der Waals surface area contributed by atoms with Crippen molar-refractivity contribution in [3.05, 3.63) is 93.8 Å². The first-order valence-corrected chi connectivity index (χ1v) is 11.8. The number of carbonyl (C=O) groups excluding carboxylic acids is 1. The van der Waals surface area contributed by atoms with Crippen molar-refractivity contribution in [2.45, 2.75) is 6.92 Å². The molecule has 0 amide bonds. The second kappa shape index (κ2) is 10.9. The summed E-state index contributed by atoms with van der Waals surface area (Å²) in [6, 6.07) is 22.3. The van der Waals surface area contributed by atoms with Crippen molar-refractivity contribution in [3.63, 3.8) is 0 Å². The molecule has 0 aliphatic carbocycles. The van der Waals surface area contributed by atoms with E-state index in [1.165, 1.54) is 11.3 Å². The monoisotopic (exact) mass is 521 g/mol. The van der Waals surface area contributed by atoms with Gasteiger partial charge in [0.05, 0.1) is 28.6 Å². The molecule has 4 aromatic rings. The Bertz CT molecular complexity index is 1260. The van der Waals surface area contributed by atoms with Crippen LogP contribution in [0.3, 0.4) is 0 Å².